The minimum atomic E-state index is -3.78. The van der Waals surface area contributed by atoms with Crippen molar-refractivity contribution in [2.24, 2.45) is 10.2 Å². The number of benzene rings is 3. The maximum atomic E-state index is 11.5. The summed E-state index contributed by atoms with van der Waals surface area (Å²) in [7, 11) is -3.78. The first-order chi connectivity index (χ1) is 13.8. The highest BCUT2D eigenvalue weighted by molar-refractivity contribution is 7.89. The van der Waals surface area contributed by atoms with Crippen LogP contribution >= 0.6 is 0 Å². The van der Waals surface area contributed by atoms with Gasteiger partial charge in [0.2, 0.25) is 10.0 Å². The molecule has 1 aliphatic rings. The molecular weight excluding hydrogens is 390 g/mol. The van der Waals surface area contributed by atoms with Crippen molar-refractivity contribution in [2.75, 3.05) is 5.01 Å². The molecule has 0 saturated carbocycles. The van der Waals surface area contributed by atoms with Crippen LogP contribution < -0.4 is 10.1 Å². The van der Waals surface area contributed by atoms with Gasteiger partial charge in [0.25, 0.3) is 0 Å². The average Bonchev–Trinajstić information content (AvgIpc) is 3.14. The van der Waals surface area contributed by atoms with Crippen molar-refractivity contribution in [3.63, 3.8) is 0 Å². The Labute approximate surface area is 168 Å². The zero-order valence-corrected chi connectivity index (χ0v) is 16.1. The van der Waals surface area contributed by atoms with Crippen LogP contribution in [0.1, 0.15) is 23.6 Å². The van der Waals surface area contributed by atoms with E-state index in [1.54, 1.807) is 48.5 Å². The van der Waals surface area contributed by atoms with Crippen LogP contribution in [-0.2, 0) is 10.0 Å². The second kappa shape index (κ2) is 7.23. The van der Waals surface area contributed by atoms with Crippen molar-refractivity contribution in [3.8, 4) is 11.5 Å². The van der Waals surface area contributed by atoms with Gasteiger partial charge < -0.3 is 10.2 Å². The van der Waals surface area contributed by atoms with E-state index in [0.717, 1.165) is 16.8 Å². The summed E-state index contributed by atoms with van der Waals surface area (Å²) in [5.41, 5.74) is 3.38. The van der Waals surface area contributed by atoms with Gasteiger partial charge in [-0.15, -0.1) is 0 Å². The number of phenols is 2. The summed E-state index contributed by atoms with van der Waals surface area (Å²) in [5, 5.41) is 30.9. The lowest BCUT2D eigenvalue weighted by atomic mass is 9.98. The van der Waals surface area contributed by atoms with Crippen LogP contribution in [0, 0.1) is 0 Å². The smallest absolute Gasteiger partial charge is 0.238 e. The maximum Gasteiger partial charge on any atom is 0.238 e. The van der Waals surface area contributed by atoms with Gasteiger partial charge in [-0.1, -0.05) is 12.1 Å². The number of hydrazone groups is 1. The van der Waals surface area contributed by atoms with E-state index in [2.05, 4.69) is 0 Å². The van der Waals surface area contributed by atoms with E-state index in [4.69, 9.17) is 10.2 Å². The lowest BCUT2D eigenvalue weighted by Crippen LogP contribution is -2.19. The molecule has 1 atom stereocenters. The van der Waals surface area contributed by atoms with Crippen molar-refractivity contribution < 1.29 is 18.6 Å². The fourth-order valence-corrected chi connectivity index (χ4v) is 3.84. The van der Waals surface area contributed by atoms with Gasteiger partial charge in [0.1, 0.15) is 11.5 Å². The molecule has 0 fully saturated rings. The highest BCUT2D eigenvalue weighted by Gasteiger charge is 2.30. The largest absolute Gasteiger partial charge is 0.508 e. The third kappa shape index (κ3) is 3.94. The molecule has 3 aromatic rings. The lowest BCUT2D eigenvalue weighted by Gasteiger charge is -2.24. The minimum Gasteiger partial charge on any atom is -0.508 e. The topological polar surface area (TPSA) is 116 Å². The Balaban J connectivity index is 1.74. The van der Waals surface area contributed by atoms with Crippen molar-refractivity contribution in [2.45, 2.75) is 17.4 Å². The molecule has 7 nitrogen and oxygen atoms in total. The van der Waals surface area contributed by atoms with Crippen LogP contribution in [0.4, 0.5) is 5.69 Å². The molecule has 148 valence electrons. The molecule has 0 aromatic heterocycles. The van der Waals surface area contributed by atoms with Crippen LogP contribution in [0.25, 0.3) is 0 Å². The molecule has 1 heterocycles. The van der Waals surface area contributed by atoms with Crippen LogP contribution in [0.3, 0.4) is 0 Å². The van der Waals surface area contributed by atoms with Gasteiger partial charge in [0, 0.05) is 6.42 Å². The number of hydrogen-bond donors (Lipinski definition) is 3. The molecule has 29 heavy (non-hydrogen) atoms. The highest BCUT2D eigenvalue weighted by atomic mass is 32.2. The summed E-state index contributed by atoms with van der Waals surface area (Å²) in [6.07, 6.45) is 0.604. The van der Waals surface area contributed by atoms with Gasteiger partial charge in [-0.25, -0.2) is 13.6 Å². The second-order valence-corrected chi connectivity index (χ2v) is 8.35. The predicted molar refractivity (Wildman–Crippen MR) is 110 cm³/mol. The third-order valence-electron chi connectivity index (χ3n) is 4.82. The fourth-order valence-electron chi connectivity index (χ4n) is 3.32. The van der Waals surface area contributed by atoms with Crippen molar-refractivity contribution in [1.82, 2.24) is 0 Å². The number of anilines is 1. The molecule has 0 spiro atoms. The summed E-state index contributed by atoms with van der Waals surface area (Å²) < 4.78 is 23.1. The number of nitrogens with two attached hydrogens (primary N) is 1. The van der Waals surface area contributed by atoms with E-state index in [1.807, 2.05) is 17.1 Å². The van der Waals surface area contributed by atoms with Gasteiger partial charge >= 0.3 is 0 Å². The first kappa shape index (κ1) is 19.0. The standard InChI is InChI=1S/C21H19N3O4S/c22-29(27,28)19-11-5-16(6-12-19)24-21(15-3-9-18(26)10-4-15)13-20(23-24)14-1-7-17(25)8-2-14/h1-12,21,25-26H,13H2,(H2,22,27,28). The van der Waals surface area contributed by atoms with Gasteiger partial charge in [0.05, 0.1) is 22.3 Å². The first-order valence-electron chi connectivity index (χ1n) is 8.89. The zero-order chi connectivity index (χ0) is 20.6. The van der Waals surface area contributed by atoms with Gasteiger partial charge in [-0.3, -0.25) is 5.01 Å². The Kier molecular flexibility index (Phi) is 4.73. The molecule has 4 N–H and O–H groups in total. The fraction of sp³-hybridized carbons (Fsp3) is 0.0952. The van der Waals surface area contributed by atoms with E-state index in [9.17, 15) is 18.6 Å². The minimum absolute atomic E-state index is 0.0318. The highest BCUT2D eigenvalue weighted by Crippen LogP contribution is 2.37. The molecule has 4 rings (SSSR count). The Hall–Kier alpha value is -3.36. The summed E-state index contributed by atoms with van der Waals surface area (Å²) >= 11 is 0. The van der Waals surface area contributed by atoms with Crippen LogP contribution in [0.15, 0.2) is 82.8 Å². The van der Waals surface area contributed by atoms with E-state index in [0.29, 0.717) is 12.1 Å². The number of rotatable bonds is 4. The number of primary sulfonamides is 1. The molecular formula is C21H19N3O4S. The molecule has 8 heteroatoms. The van der Waals surface area contributed by atoms with Crippen LogP contribution in [-0.4, -0.2) is 24.3 Å². The average molecular weight is 409 g/mol. The Morgan fingerprint density at radius 2 is 1.41 bits per heavy atom. The molecule has 0 aliphatic carbocycles. The summed E-state index contributed by atoms with van der Waals surface area (Å²) in [6, 6.07) is 19.8. The number of sulfonamides is 1. The molecule has 0 radical (unpaired) electrons. The van der Waals surface area contributed by atoms with Crippen molar-refractivity contribution in [3.05, 3.63) is 83.9 Å². The van der Waals surface area contributed by atoms with Gasteiger partial charge in [-0.2, -0.15) is 5.10 Å². The van der Waals surface area contributed by atoms with Crippen molar-refractivity contribution in [1.29, 1.82) is 0 Å². The Bertz CT molecular complexity index is 1160. The summed E-state index contributed by atoms with van der Waals surface area (Å²) in [6.45, 7) is 0. The molecule has 0 bridgehead atoms. The van der Waals surface area contributed by atoms with Gasteiger partial charge in [-0.05, 0) is 71.8 Å². The Morgan fingerprint density at radius 1 is 0.862 bits per heavy atom. The van der Waals surface area contributed by atoms with E-state index < -0.39 is 10.0 Å². The number of phenolic OH excluding ortho intramolecular Hbond substituents is 2. The molecule has 1 unspecified atom stereocenters. The second-order valence-electron chi connectivity index (χ2n) is 6.79. The van der Waals surface area contributed by atoms with Gasteiger partial charge in [0.15, 0.2) is 0 Å². The van der Waals surface area contributed by atoms with Crippen molar-refractivity contribution >= 4 is 21.4 Å². The number of nitrogens with zero attached hydrogens (tertiary/aromatic N) is 2. The number of hydrogen-bond acceptors (Lipinski definition) is 6. The summed E-state index contributed by atoms with van der Waals surface area (Å²) in [4.78, 5) is 0.0318. The normalized spacial score (nSPS) is 16.7. The van der Waals surface area contributed by atoms with Crippen LogP contribution in [0.5, 0.6) is 11.5 Å². The zero-order valence-electron chi connectivity index (χ0n) is 15.3. The predicted octanol–water partition coefficient (Wildman–Crippen LogP) is 3.10. The Morgan fingerprint density at radius 3 is 1.97 bits per heavy atom. The third-order valence-corrected chi connectivity index (χ3v) is 5.75. The summed E-state index contributed by atoms with van der Waals surface area (Å²) in [5.74, 6) is 0.355. The first-order valence-corrected chi connectivity index (χ1v) is 10.4. The quantitative estimate of drug-likeness (QED) is 0.612. The van der Waals surface area contributed by atoms with E-state index >= 15 is 0 Å². The lowest BCUT2D eigenvalue weighted by molar-refractivity contribution is 0.474. The molecule has 0 saturated heterocycles. The molecule has 3 aromatic carbocycles. The van der Waals surface area contributed by atoms with E-state index in [1.165, 1.54) is 12.1 Å². The SMILES string of the molecule is NS(=O)(=O)c1ccc(N2N=C(c3ccc(O)cc3)CC2c2ccc(O)cc2)cc1. The molecule has 0 amide bonds. The van der Waals surface area contributed by atoms with E-state index in [-0.39, 0.29) is 22.4 Å². The molecule has 1 aliphatic heterocycles. The monoisotopic (exact) mass is 409 g/mol. The maximum absolute atomic E-state index is 11.5. The number of aromatic hydroxyl groups is 2. The van der Waals surface area contributed by atoms with Crippen LogP contribution in [0.2, 0.25) is 0 Å².